The summed E-state index contributed by atoms with van der Waals surface area (Å²) in [5, 5.41) is 16.6. The van der Waals surface area contributed by atoms with E-state index in [1.54, 1.807) is 12.1 Å². The number of aliphatic imine (C=N–C) groups is 1. The molecule has 0 unspecified atom stereocenters. The van der Waals surface area contributed by atoms with Gasteiger partial charge in [-0.3, -0.25) is 4.99 Å². The minimum Gasteiger partial charge on any atom is -0.388 e. The molecule has 0 spiro atoms. The molecule has 0 aromatic heterocycles. The highest BCUT2D eigenvalue weighted by Gasteiger charge is 2.21. The van der Waals surface area contributed by atoms with E-state index in [-0.39, 0.29) is 29.8 Å². The van der Waals surface area contributed by atoms with Gasteiger partial charge < -0.3 is 15.7 Å². The minimum absolute atomic E-state index is 0. The van der Waals surface area contributed by atoms with Gasteiger partial charge in [0.2, 0.25) is 0 Å². The number of rotatable bonds is 8. The van der Waals surface area contributed by atoms with Crippen molar-refractivity contribution >= 4 is 29.9 Å². The van der Waals surface area contributed by atoms with Gasteiger partial charge in [-0.15, -0.1) is 24.0 Å². The summed E-state index contributed by atoms with van der Waals surface area (Å²) in [6.07, 6.45) is 1.92. The van der Waals surface area contributed by atoms with E-state index in [1.807, 2.05) is 26.8 Å². The van der Waals surface area contributed by atoms with Crippen molar-refractivity contribution in [3.8, 4) is 0 Å². The Morgan fingerprint density at radius 1 is 1.17 bits per heavy atom. The van der Waals surface area contributed by atoms with Gasteiger partial charge in [-0.05, 0) is 37.8 Å². The quantitative estimate of drug-likeness (QED) is 0.333. The van der Waals surface area contributed by atoms with Gasteiger partial charge in [0.1, 0.15) is 5.82 Å². The molecule has 1 aromatic rings. The molecule has 4 nitrogen and oxygen atoms in total. The van der Waals surface area contributed by atoms with E-state index in [2.05, 4.69) is 15.6 Å². The molecule has 3 N–H and O–H groups in total. The second-order valence-corrected chi connectivity index (χ2v) is 5.39. The Bertz CT molecular complexity index is 479. The summed E-state index contributed by atoms with van der Waals surface area (Å²) in [4.78, 5) is 4.43. The second kappa shape index (κ2) is 11.6. The van der Waals surface area contributed by atoms with Crippen molar-refractivity contribution in [1.82, 2.24) is 10.6 Å². The maximum Gasteiger partial charge on any atom is 0.191 e. The smallest absolute Gasteiger partial charge is 0.191 e. The number of hydrogen-bond donors (Lipinski definition) is 3. The van der Waals surface area contributed by atoms with E-state index >= 15 is 0 Å². The van der Waals surface area contributed by atoms with Crippen LogP contribution in [0.2, 0.25) is 0 Å². The van der Waals surface area contributed by atoms with Crippen molar-refractivity contribution in [3.05, 3.63) is 35.6 Å². The van der Waals surface area contributed by atoms with E-state index < -0.39 is 5.60 Å². The summed E-state index contributed by atoms with van der Waals surface area (Å²) in [6, 6.07) is 6.78. The van der Waals surface area contributed by atoms with Crippen LogP contribution in [-0.2, 0) is 6.42 Å². The molecule has 0 fully saturated rings. The van der Waals surface area contributed by atoms with Gasteiger partial charge in [-0.1, -0.05) is 32.0 Å². The first kappa shape index (κ1) is 22.1. The fourth-order valence-corrected chi connectivity index (χ4v) is 2.06. The van der Waals surface area contributed by atoms with Crippen LogP contribution in [-0.4, -0.2) is 36.3 Å². The number of aliphatic hydroxyl groups is 1. The van der Waals surface area contributed by atoms with Gasteiger partial charge >= 0.3 is 0 Å². The van der Waals surface area contributed by atoms with Crippen LogP contribution in [0.15, 0.2) is 29.3 Å². The molecular formula is C17H29FIN3O. The molecule has 1 rings (SSSR count). The third kappa shape index (κ3) is 7.97. The first-order chi connectivity index (χ1) is 10.5. The molecule has 0 saturated heterocycles. The van der Waals surface area contributed by atoms with Crippen LogP contribution in [0.1, 0.15) is 39.2 Å². The summed E-state index contributed by atoms with van der Waals surface area (Å²) in [6.45, 7) is 7.58. The number of nitrogens with one attached hydrogen (secondary N) is 2. The Balaban J connectivity index is 0.00000484. The highest BCUT2D eigenvalue weighted by Crippen LogP contribution is 2.14. The van der Waals surface area contributed by atoms with Crippen LogP contribution >= 0.6 is 24.0 Å². The fourth-order valence-electron chi connectivity index (χ4n) is 2.06. The average Bonchev–Trinajstić information content (AvgIpc) is 2.54. The largest absolute Gasteiger partial charge is 0.388 e. The highest BCUT2D eigenvalue weighted by molar-refractivity contribution is 14.0. The van der Waals surface area contributed by atoms with Crippen molar-refractivity contribution in [1.29, 1.82) is 0 Å². The molecule has 0 aliphatic rings. The molecule has 0 radical (unpaired) electrons. The standard InChI is InChI=1S/C17H28FN3O.HI/c1-4-17(22,5-2)13-21-16(19-6-3)20-12-11-14-9-7-8-10-15(14)18;/h7-10,22H,4-6,11-13H2,1-3H3,(H2,19,20,21);1H. The van der Waals surface area contributed by atoms with E-state index in [4.69, 9.17) is 0 Å². The van der Waals surface area contributed by atoms with Gasteiger partial charge in [0.25, 0.3) is 0 Å². The Labute approximate surface area is 156 Å². The monoisotopic (exact) mass is 437 g/mol. The zero-order chi connectivity index (χ0) is 16.4. The van der Waals surface area contributed by atoms with Crippen molar-refractivity contribution < 1.29 is 9.50 Å². The first-order valence-corrected chi connectivity index (χ1v) is 8.02. The zero-order valence-electron chi connectivity index (χ0n) is 14.2. The van der Waals surface area contributed by atoms with E-state index in [0.29, 0.717) is 43.9 Å². The summed E-state index contributed by atoms with van der Waals surface area (Å²) in [5.41, 5.74) is -0.0714. The fraction of sp³-hybridized carbons (Fsp3) is 0.588. The molecule has 0 saturated carbocycles. The second-order valence-electron chi connectivity index (χ2n) is 5.39. The molecule has 6 heteroatoms. The number of guanidine groups is 1. The first-order valence-electron chi connectivity index (χ1n) is 8.02. The van der Waals surface area contributed by atoms with Crippen LogP contribution in [0.5, 0.6) is 0 Å². The van der Waals surface area contributed by atoms with Gasteiger partial charge in [0.05, 0.1) is 12.1 Å². The van der Waals surface area contributed by atoms with Crippen molar-refractivity contribution in [3.63, 3.8) is 0 Å². The Morgan fingerprint density at radius 2 is 1.83 bits per heavy atom. The average molecular weight is 437 g/mol. The lowest BCUT2D eigenvalue weighted by Gasteiger charge is -2.23. The molecule has 1 aromatic carbocycles. The lowest BCUT2D eigenvalue weighted by molar-refractivity contribution is 0.0418. The van der Waals surface area contributed by atoms with Gasteiger partial charge in [0, 0.05) is 13.1 Å². The van der Waals surface area contributed by atoms with Crippen molar-refractivity contribution in [2.24, 2.45) is 4.99 Å². The summed E-state index contributed by atoms with van der Waals surface area (Å²) in [7, 11) is 0. The lowest BCUT2D eigenvalue weighted by Crippen LogP contribution is -2.40. The van der Waals surface area contributed by atoms with Crippen LogP contribution < -0.4 is 10.6 Å². The molecule has 23 heavy (non-hydrogen) atoms. The molecule has 0 amide bonds. The summed E-state index contributed by atoms with van der Waals surface area (Å²) >= 11 is 0. The zero-order valence-corrected chi connectivity index (χ0v) is 16.6. The van der Waals surface area contributed by atoms with E-state index in [1.165, 1.54) is 6.07 Å². The molecule has 0 atom stereocenters. The lowest BCUT2D eigenvalue weighted by atomic mass is 9.98. The molecule has 132 valence electrons. The van der Waals surface area contributed by atoms with E-state index in [0.717, 1.165) is 6.54 Å². The SMILES string of the molecule is CCNC(=NCC(O)(CC)CC)NCCc1ccccc1F.I. The van der Waals surface area contributed by atoms with Crippen LogP contribution in [0.3, 0.4) is 0 Å². The van der Waals surface area contributed by atoms with Crippen molar-refractivity contribution in [2.75, 3.05) is 19.6 Å². The predicted molar refractivity (Wildman–Crippen MR) is 105 cm³/mol. The maximum atomic E-state index is 13.6. The highest BCUT2D eigenvalue weighted by atomic mass is 127. The molecule has 0 bridgehead atoms. The molecule has 0 aliphatic carbocycles. The predicted octanol–water partition coefficient (Wildman–Crippen LogP) is 3.09. The third-order valence-corrected chi connectivity index (χ3v) is 3.84. The Kier molecular flexibility index (Phi) is 11.2. The Morgan fingerprint density at radius 3 is 2.39 bits per heavy atom. The number of hydrogen-bond acceptors (Lipinski definition) is 2. The van der Waals surface area contributed by atoms with Crippen molar-refractivity contribution in [2.45, 2.75) is 45.6 Å². The summed E-state index contributed by atoms with van der Waals surface area (Å²) < 4.78 is 13.6. The minimum atomic E-state index is -0.756. The normalized spacial score (nSPS) is 11.8. The van der Waals surface area contributed by atoms with Gasteiger partial charge in [0.15, 0.2) is 5.96 Å². The number of nitrogens with zero attached hydrogens (tertiary/aromatic N) is 1. The van der Waals surface area contributed by atoms with Gasteiger partial charge in [-0.25, -0.2) is 4.39 Å². The van der Waals surface area contributed by atoms with Crippen LogP contribution in [0.25, 0.3) is 0 Å². The molecule has 0 heterocycles. The topological polar surface area (TPSA) is 56.7 Å². The number of benzene rings is 1. The molecular weight excluding hydrogens is 408 g/mol. The van der Waals surface area contributed by atoms with Gasteiger partial charge in [-0.2, -0.15) is 0 Å². The summed E-state index contributed by atoms with van der Waals surface area (Å²) in [5.74, 6) is 0.469. The Hall–Kier alpha value is -0.890. The number of halogens is 2. The maximum absolute atomic E-state index is 13.6. The van der Waals surface area contributed by atoms with Crippen LogP contribution in [0, 0.1) is 5.82 Å². The third-order valence-electron chi connectivity index (χ3n) is 3.84. The molecule has 0 aliphatic heterocycles. The van der Waals surface area contributed by atoms with E-state index in [9.17, 15) is 9.50 Å². The van der Waals surface area contributed by atoms with Crippen LogP contribution in [0.4, 0.5) is 4.39 Å².